The third kappa shape index (κ3) is 2.71. The van der Waals surface area contributed by atoms with E-state index >= 15 is 0 Å². The van der Waals surface area contributed by atoms with Gasteiger partial charge in [0, 0.05) is 6.42 Å². The maximum Gasteiger partial charge on any atom is 0.108 e. The van der Waals surface area contributed by atoms with Crippen molar-refractivity contribution in [2.45, 2.75) is 26.4 Å². The van der Waals surface area contributed by atoms with Crippen LogP contribution >= 0.6 is 0 Å². The summed E-state index contributed by atoms with van der Waals surface area (Å²) in [6.07, 6.45) is 0.165. The summed E-state index contributed by atoms with van der Waals surface area (Å²) in [5.74, 6) is 0.0722. The van der Waals surface area contributed by atoms with Gasteiger partial charge in [0.2, 0.25) is 0 Å². The molecular weight excluding hydrogens is 216 g/mol. The van der Waals surface area contributed by atoms with Gasteiger partial charge in [0.25, 0.3) is 0 Å². The molecule has 1 heterocycles. The second-order valence-electron chi connectivity index (χ2n) is 4.33. The van der Waals surface area contributed by atoms with Crippen molar-refractivity contribution in [3.05, 3.63) is 47.3 Å². The number of aliphatic hydroxyl groups excluding tert-OH is 1. The maximum atomic E-state index is 10.2. The molecule has 0 aliphatic carbocycles. The molecule has 0 bridgehead atoms. The summed E-state index contributed by atoms with van der Waals surface area (Å²) in [6.45, 7) is 3.85. The molecule has 0 aliphatic heterocycles. The Morgan fingerprint density at radius 1 is 1.24 bits per heavy atom. The number of hydrogen-bond acceptors (Lipinski definition) is 4. The summed E-state index contributed by atoms with van der Waals surface area (Å²) < 4.78 is 4.65. The van der Waals surface area contributed by atoms with Crippen LogP contribution in [0.25, 0.3) is 0 Å². The number of aromatic nitrogens is 2. The molecule has 0 radical (unpaired) electrons. The lowest BCUT2D eigenvalue weighted by molar-refractivity contribution is 0.116. The molecule has 0 spiro atoms. The molecule has 2 rings (SSSR count). The van der Waals surface area contributed by atoms with Gasteiger partial charge in [0.1, 0.15) is 11.4 Å². The number of aryl methyl sites for hydroxylation is 1. The van der Waals surface area contributed by atoms with Gasteiger partial charge in [-0.3, -0.25) is 0 Å². The quantitative estimate of drug-likeness (QED) is 0.878. The van der Waals surface area contributed by atoms with Crippen LogP contribution < -0.4 is 0 Å². The van der Waals surface area contributed by atoms with Crippen molar-refractivity contribution in [1.29, 1.82) is 0 Å². The Morgan fingerprint density at radius 2 is 1.94 bits per heavy atom. The zero-order chi connectivity index (χ0) is 12.3. The highest BCUT2D eigenvalue weighted by atomic mass is 16.6. The van der Waals surface area contributed by atoms with Crippen LogP contribution in [-0.2, 0) is 6.42 Å². The van der Waals surface area contributed by atoms with Crippen LogP contribution in [0.3, 0.4) is 0 Å². The summed E-state index contributed by atoms with van der Waals surface area (Å²) in [7, 11) is 0. The Hall–Kier alpha value is -1.68. The molecule has 90 valence electrons. The van der Waals surface area contributed by atoms with Crippen LogP contribution in [0.2, 0.25) is 0 Å². The van der Waals surface area contributed by atoms with Gasteiger partial charge >= 0.3 is 0 Å². The zero-order valence-corrected chi connectivity index (χ0v) is 10.00. The molecule has 4 nitrogen and oxygen atoms in total. The van der Waals surface area contributed by atoms with E-state index in [0.29, 0.717) is 6.42 Å². The average molecular weight is 232 g/mol. The molecule has 1 aromatic heterocycles. The standard InChI is InChI=1S/C13H16N2O2/c1-9(8-12-10(2)14-17-15-12)13(16)11-6-4-3-5-7-11/h3-7,9,13,16H,8H2,1-2H3. The Labute approximate surface area is 100 Å². The Morgan fingerprint density at radius 3 is 2.53 bits per heavy atom. The van der Waals surface area contributed by atoms with Crippen molar-refractivity contribution < 1.29 is 9.74 Å². The summed E-state index contributed by atoms with van der Waals surface area (Å²) in [4.78, 5) is 0. The molecule has 1 aromatic carbocycles. The smallest absolute Gasteiger partial charge is 0.108 e. The Kier molecular flexibility index (Phi) is 3.54. The fourth-order valence-electron chi connectivity index (χ4n) is 1.83. The van der Waals surface area contributed by atoms with Crippen molar-refractivity contribution in [3.63, 3.8) is 0 Å². The lowest BCUT2D eigenvalue weighted by Crippen LogP contribution is -2.12. The van der Waals surface area contributed by atoms with Crippen LogP contribution in [0.4, 0.5) is 0 Å². The first-order chi connectivity index (χ1) is 8.18. The van der Waals surface area contributed by atoms with E-state index in [0.717, 1.165) is 17.0 Å². The van der Waals surface area contributed by atoms with Gasteiger partial charge in [-0.25, -0.2) is 4.63 Å². The van der Waals surface area contributed by atoms with Crippen LogP contribution in [0, 0.1) is 12.8 Å². The van der Waals surface area contributed by atoms with Crippen LogP contribution in [-0.4, -0.2) is 15.4 Å². The third-order valence-corrected chi connectivity index (χ3v) is 2.94. The zero-order valence-electron chi connectivity index (χ0n) is 10.00. The van der Waals surface area contributed by atoms with Gasteiger partial charge in [-0.1, -0.05) is 47.6 Å². The fourth-order valence-corrected chi connectivity index (χ4v) is 1.83. The van der Waals surface area contributed by atoms with E-state index in [1.54, 1.807) is 0 Å². The molecule has 0 fully saturated rings. The minimum atomic E-state index is -0.493. The highest BCUT2D eigenvalue weighted by molar-refractivity contribution is 5.18. The largest absolute Gasteiger partial charge is 0.388 e. The topological polar surface area (TPSA) is 59.2 Å². The van der Waals surface area contributed by atoms with Crippen LogP contribution in [0.1, 0.15) is 30.0 Å². The summed E-state index contributed by atoms with van der Waals surface area (Å²) >= 11 is 0. The van der Waals surface area contributed by atoms with E-state index in [1.807, 2.05) is 44.2 Å². The number of nitrogens with zero attached hydrogens (tertiary/aromatic N) is 2. The predicted molar refractivity (Wildman–Crippen MR) is 63.3 cm³/mol. The van der Waals surface area contributed by atoms with E-state index in [9.17, 15) is 5.11 Å². The lowest BCUT2D eigenvalue weighted by atomic mass is 9.93. The monoisotopic (exact) mass is 232 g/mol. The molecule has 0 saturated carbocycles. The van der Waals surface area contributed by atoms with E-state index in [-0.39, 0.29) is 5.92 Å². The molecule has 2 unspecified atom stereocenters. The second kappa shape index (κ2) is 5.10. The Bertz CT molecular complexity index is 467. The highest BCUT2D eigenvalue weighted by Gasteiger charge is 2.19. The van der Waals surface area contributed by atoms with Gasteiger partial charge in [0.15, 0.2) is 0 Å². The molecule has 4 heteroatoms. The normalized spacial score (nSPS) is 14.5. The first-order valence-corrected chi connectivity index (χ1v) is 5.69. The van der Waals surface area contributed by atoms with Gasteiger partial charge in [-0.15, -0.1) is 0 Å². The van der Waals surface area contributed by atoms with Crippen LogP contribution in [0.15, 0.2) is 35.0 Å². The van der Waals surface area contributed by atoms with E-state index in [2.05, 4.69) is 14.9 Å². The fraction of sp³-hybridized carbons (Fsp3) is 0.385. The molecular formula is C13H16N2O2. The van der Waals surface area contributed by atoms with Crippen molar-refractivity contribution in [3.8, 4) is 0 Å². The van der Waals surface area contributed by atoms with Crippen molar-refractivity contribution in [1.82, 2.24) is 10.3 Å². The molecule has 0 aliphatic rings. The molecule has 17 heavy (non-hydrogen) atoms. The van der Waals surface area contributed by atoms with Gasteiger partial charge in [-0.05, 0) is 18.4 Å². The number of benzene rings is 1. The van der Waals surface area contributed by atoms with E-state index < -0.39 is 6.10 Å². The van der Waals surface area contributed by atoms with E-state index in [4.69, 9.17) is 0 Å². The first kappa shape index (κ1) is 11.8. The third-order valence-electron chi connectivity index (χ3n) is 2.94. The predicted octanol–water partition coefficient (Wildman–Crippen LogP) is 2.29. The minimum absolute atomic E-state index is 0.0722. The van der Waals surface area contributed by atoms with Gasteiger partial charge in [-0.2, -0.15) is 0 Å². The second-order valence-corrected chi connectivity index (χ2v) is 4.33. The molecule has 2 atom stereocenters. The maximum absolute atomic E-state index is 10.2. The number of aliphatic hydroxyl groups is 1. The highest BCUT2D eigenvalue weighted by Crippen LogP contribution is 2.24. The van der Waals surface area contributed by atoms with Crippen molar-refractivity contribution in [2.75, 3.05) is 0 Å². The summed E-state index contributed by atoms with van der Waals surface area (Å²) in [5, 5.41) is 17.8. The molecule has 2 aromatic rings. The average Bonchev–Trinajstić information content (AvgIpc) is 2.75. The van der Waals surface area contributed by atoms with Crippen molar-refractivity contribution >= 4 is 0 Å². The van der Waals surface area contributed by atoms with Gasteiger partial charge < -0.3 is 5.11 Å². The van der Waals surface area contributed by atoms with Crippen LogP contribution in [0.5, 0.6) is 0 Å². The summed E-state index contributed by atoms with van der Waals surface area (Å²) in [6, 6.07) is 9.64. The lowest BCUT2D eigenvalue weighted by Gasteiger charge is -2.18. The SMILES string of the molecule is Cc1nonc1CC(C)C(O)c1ccccc1. The molecule has 0 amide bonds. The molecule has 0 saturated heterocycles. The number of hydrogen-bond donors (Lipinski definition) is 1. The minimum Gasteiger partial charge on any atom is -0.388 e. The Balaban J connectivity index is 2.06. The molecule has 1 N–H and O–H groups in total. The van der Waals surface area contributed by atoms with Gasteiger partial charge in [0.05, 0.1) is 6.10 Å². The number of rotatable bonds is 4. The van der Waals surface area contributed by atoms with Crippen molar-refractivity contribution in [2.24, 2.45) is 5.92 Å². The summed E-state index contributed by atoms with van der Waals surface area (Å²) in [5.41, 5.74) is 2.53. The first-order valence-electron chi connectivity index (χ1n) is 5.69. The van der Waals surface area contributed by atoms with E-state index in [1.165, 1.54) is 0 Å².